The van der Waals surface area contributed by atoms with Crippen LogP contribution in [0.5, 0.6) is 5.75 Å². The molecule has 0 radical (unpaired) electrons. The van der Waals surface area contributed by atoms with E-state index in [2.05, 4.69) is 14.4 Å². The maximum absolute atomic E-state index is 14.2. The molecule has 220 valence electrons. The van der Waals surface area contributed by atoms with E-state index >= 15 is 0 Å². The van der Waals surface area contributed by atoms with Gasteiger partial charge in [-0.1, -0.05) is 63.1 Å². The van der Waals surface area contributed by atoms with Crippen LogP contribution in [0.4, 0.5) is 11.4 Å². The maximum atomic E-state index is 14.2. The number of fused-ring (bicyclic) bond motifs is 2. The lowest BCUT2D eigenvalue weighted by atomic mass is 9.60. The second-order valence-corrected chi connectivity index (χ2v) is 13.6. The molecule has 0 amide bonds. The van der Waals surface area contributed by atoms with Crippen LogP contribution in [-0.2, 0) is 30.3 Å². The average Bonchev–Trinajstić information content (AvgIpc) is 2.96. The average molecular weight is 610 g/mol. The Labute approximate surface area is 245 Å². The number of nitrogens with zero attached hydrogens (tertiary/aromatic N) is 1. The Morgan fingerprint density at radius 3 is 2.33 bits per heavy atom. The van der Waals surface area contributed by atoms with Crippen LogP contribution in [0, 0.1) is 5.92 Å². The van der Waals surface area contributed by atoms with Gasteiger partial charge in [0.05, 0.1) is 23.9 Å². The third kappa shape index (κ3) is 4.88. The van der Waals surface area contributed by atoms with Gasteiger partial charge in [0, 0.05) is 5.56 Å². The van der Waals surface area contributed by atoms with Crippen molar-refractivity contribution in [1.82, 2.24) is 0 Å². The molecule has 0 saturated heterocycles. The van der Waals surface area contributed by atoms with Gasteiger partial charge < -0.3 is 10.1 Å². The van der Waals surface area contributed by atoms with Crippen molar-refractivity contribution in [3.05, 3.63) is 77.9 Å². The Balaban J connectivity index is 1.54. The zero-order valence-electron chi connectivity index (χ0n) is 23.4. The molecule has 0 saturated carbocycles. The Kier molecular flexibility index (Phi) is 7.71. The van der Waals surface area contributed by atoms with Gasteiger partial charge in [-0.05, 0) is 48.7 Å². The van der Waals surface area contributed by atoms with Gasteiger partial charge in [-0.3, -0.25) is 14.3 Å². The number of ether oxygens (including phenoxy) is 1. The highest BCUT2D eigenvalue weighted by Crippen LogP contribution is 2.45. The van der Waals surface area contributed by atoms with E-state index < -0.39 is 37.2 Å². The second-order valence-electron chi connectivity index (χ2n) is 10.3. The Morgan fingerprint density at radius 1 is 0.976 bits per heavy atom. The van der Waals surface area contributed by atoms with Gasteiger partial charge in [-0.2, -0.15) is 8.42 Å². The molecular formula is C30H31N3O7S2. The van der Waals surface area contributed by atoms with Gasteiger partial charge in [0.15, 0.2) is 11.6 Å². The van der Waals surface area contributed by atoms with E-state index in [0.717, 1.165) is 6.07 Å². The SMILES string of the molecule is CCCC1(CCC)C(=O)C(C2=NS(=O)(=O)c3cc(NS(=O)(=O)c4ccccc4OC)ccc3N2)C(=O)c2ccccc21. The number of hydrogen-bond acceptors (Lipinski definition) is 8. The zero-order chi connectivity index (χ0) is 30.3. The van der Waals surface area contributed by atoms with E-state index in [4.69, 9.17) is 4.74 Å². The predicted octanol–water partition coefficient (Wildman–Crippen LogP) is 4.93. The molecule has 12 heteroatoms. The van der Waals surface area contributed by atoms with Crippen molar-refractivity contribution in [2.24, 2.45) is 10.3 Å². The first-order chi connectivity index (χ1) is 20.0. The smallest absolute Gasteiger partial charge is 0.286 e. The molecule has 42 heavy (non-hydrogen) atoms. The summed E-state index contributed by atoms with van der Waals surface area (Å²) in [6, 6.07) is 16.9. The summed E-state index contributed by atoms with van der Waals surface area (Å²) in [6.07, 6.45) is 2.39. The minimum absolute atomic E-state index is 0.0210. The Morgan fingerprint density at radius 2 is 1.64 bits per heavy atom. The summed E-state index contributed by atoms with van der Waals surface area (Å²) in [6.45, 7) is 3.94. The molecule has 0 bridgehead atoms. The van der Waals surface area contributed by atoms with Crippen molar-refractivity contribution < 1.29 is 31.2 Å². The number of hydrogen-bond donors (Lipinski definition) is 2. The van der Waals surface area contributed by atoms with E-state index in [0.29, 0.717) is 36.8 Å². The lowest BCUT2D eigenvalue weighted by Crippen LogP contribution is -2.52. The van der Waals surface area contributed by atoms with Crippen LogP contribution in [-0.4, -0.2) is 41.3 Å². The number of sulfonamides is 2. The number of nitrogens with one attached hydrogen (secondary N) is 2. The number of carbonyl (C=O) groups is 2. The van der Waals surface area contributed by atoms with Crippen LogP contribution in [0.2, 0.25) is 0 Å². The lowest BCUT2D eigenvalue weighted by Gasteiger charge is -2.41. The first kappa shape index (κ1) is 29.5. The van der Waals surface area contributed by atoms with Crippen molar-refractivity contribution in [3.8, 4) is 5.75 Å². The zero-order valence-corrected chi connectivity index (χ0v) is 25.0. The Hall–Kier alpha value is -4.03. The number of Topliss-reactive ketones (excluding diaryl/α,β-unsaturated/α-hetero) is 2. The number of para-hydroxylation sites is 1. The fourth-order valence-electron chi connectivity index (χ4n) is 5.96. The number of benzene rings is 3. The van der Waals surface area contributed by atoms with Crippen LogP contribution >= 0.6 is 0 Å². The molecule has 3 aromatic rings. The first-order valence-corrected chi connectivity index (χ1v) is 16.5. The van der Waals surface area contributed by atoms with Crippen molar-refractivity contribution in [3.63, 3.8) is 0 Å². The maximum Gasteiger partial charge on any atom is 0.286 e. The highest BCUT2D eigenvalue weighted by molar-refractivity contribution is 7.93. The predicted molar refractivity (Wildman–Crippen MR) is 159 cm³/mol. The second kappa shape index (κ2) is 11.0. The molecule has 1 heterocycles. The fourth-order valence-corrected chi connectivity index (χ4v) is 8.36. The van der Waals surface area contributed by atoms with Crippen LogP contribution in [0.25, 0.3) is 0 Å². The molecule has 10 nitrogen and oxygen atoms in total. The van der Waals surface area contributed by atoms with Gasteiger partial charge in [0.25, 0.3) is 20.0 Å². The molecule has 1 aliphatic carbocycles. The molecule has 1 unspecified atom stereocenters. The third-order valence-electron chi connectivity index (χ3n) is 7.68. The highest BCUT2D eigenvalue weighted by Gasteiger charge is 2.53. The van der Waals surface area contributed by atoms with Crippen molar-refractivity contribution >= 4 is 48.8 Å². The number of anilines is 2. The van der Waals surface area contributed by atoms with Crippen molar-refractivity contribution in [2.45, 2.75) is 54.7 Å². The van der Waals surface area contributed by atoms with Gasteiger partial charge in [0.1, 0.15) is 27.3 Å². The number of rotatable bonds is 9. The number of ketones is 2. The highest BCUT2D eigenvalue weighted by atomic mass is 32.2. The summed E-state index contributed by atoms with van der Waals surface area (Å²) in [7, 11) is -7.21. The fraction of sp³-hybridized carbons (Fsp3) is 0.300. The summed E-state index contributed by atoms with van der Waals surface area (Å²) in [4.78, 5) is 27.5. The van der Waals surface area contributed by atoms with E-state index in [-0.39, 0.29) is 38.5 Å². The van der Waals surface area contributed by atoms with Gasteiger partial charge >= 0.3 is 0 Å². The molecule has 1 aliphatic heterocycles. The van der Waals surface area contributed by atoms with Gasteiger partial charge in [-0.25, -0.2) is 8.42 Å². The molecule has 0 fully saturated rings. The minimum Gasteiger partial charge on any atom is -0.495 e. The van der Waals surface area contributed by atoms with E-state index in [1.807, 2.05) is 19.9 Å². The van der Waals surface area contributed by atoms with Gasteiger partial charge in [-0.15, -0.1) is 4.40 Å². The van der Waals surface area contributed by atoms with Crippen LogP contribution in [0.1, 0.15) is 55.5 Å². The van der Waals surface area contributed by atoms with Gasteiger partial charge in [0.2, 0.25) is 0 Å². The van der Waals surface area contributed by atoms with Crippen molar-refractivity contribution in [2.75, 3.05) is 17.1 Å². The van der Waals surface area contributed by atoms with E-state index in [1.54, 1.807) is 24.3 Å². The lowest BCUT2D eigenvalue weighted by molar-refractivity contribution is -0.126. The molecule has 0 spiro atoms. The monoisotopic (exact) mass is 609 g/mol. The summed E-state index contributed by atoms with van der Waals surface area (Å²) < 4.78 is 64.4. The quantitative estimate of drug-likeness (QED) is 0.325. The summed E-state index contributed by atoms with van der Waals surface area (Å²) in [5.74, 6) is -2.45. The molecular weight excluding hydrogens is 578 g/mol. The van der Waals surface area contributed by atoms with E-state index in [1.165, 1.54) is 37.4 Å². The summed E-state index contributed by atoms with van der Waals surface area (Å²) >= 11 is 0. The standard InChI is InChI=1S/C30H31N3O7S2/c1-4-16-30(17-5-2)21-11-7-6-10-20(21)27(34)26(28(30)35)29-31-22-15-14-19(18-25(22)42(38,39)33-29)32-41(36,37)24-13-9-8-12-23(24)40-3/h6-15,18,26,32H,4-5,16-17H2,1-3H3,(H,31,33). The number of methoxy groups -OCH3 is 1. The molecule has 2 N–H and O–H groups in total. The van der Waals surface area contributed by atoms with Crippen LogP contribution in [0.3, 0.4) is 0 Å². The van der Waals surface area contributed by atoms with Crippen LogP contribution in [0.15, 0.2) is 80.9 Å². The minimum atomic E-state index is -4.42. The number of amidine groups is 1. The van der Waals surface area contributed by atoms with Crippen molar-refractivity contribution in [1.29, 1.82) is 0 Å². The van der Waals surface area contributed by atoms with Crippen LogP contribution < -0.4 is 14.8 Å². The molecule has 1 atom stereocenters. The topological polar surface area (TPSA) is 148 Å². The number of carbonyl (C=O) groups excluding carboxylic acids is 2. The van der Waals surface area contributed by atoms with E-state index in [9.17, 15) is 26.4 Å². The largest absolute Gasteiger partial charge is 0.495 e. The third-order valence-corrected chi connectivity index (χ3v) is 10.4. The Bertz CT molecular complexity index is 1830. The molecule has 2 aliphatic rings. The summed E-state index contributed by atoms with van der Waals surface area (Å²) in [5.41, 5.74) is 0.168. The first-order valence-electron chi connectivity index (χ1n) is 13.6. The molecule has 5 rings (SSSR count). The molecule has 3 aromatic carbocycles. The molecule has 0 aromatic heterocycles. The summed E-state index contributed by atoms with van der Waals surface area (Å²) in [5, 5.41) is 2.91. The normalized spacial score (nSPS) is 18.7.